The van der Waals surface area contributed by atoms with Gasteiger partial charge in [-0.25, -0.2) is 4.39 Å². The van der Waals surface area contributed by atoms with Gasteiger partial charge in [0.15, 0.2) is 5.78 Å². The van der Waals surface area contributed by atoms with Gasteiger partial charge in [-0.3, -0.25) is 4.79 Å². The normalized spacial score (nSPS) is 11.9. The van der Waals surface area contributed by atoms with Gasteiger partial charge >= 0.3 is 0 Å². The Labute approximate surface area is 192 Å². The molecule has 4 heteroatoms. The van der Waals surface area contributed by atoms with Crippen molar-refractivity contribution < 1.29 is 9.18 Å². The number of hydrogen-bond donors (Lipinski definition) is 0. The minimum Gasteiger partial charge on any atom is -0.338 e. The second-order valence-corrected chi connectivity index (χ2v) is 8.27. The van der Waals surface area contributed by atoms with Gasteiger partial charge in [0, 0.05) is 38.8 Å². The fraction of sp³-hybridized carbons (Fsp3) is 0.107. The van der Waals surface area contributed by atoms with E-state index in [0.29, 0.717) is 10.6 Å². The molecule has 4 rings (SSSR count). The molecule has 0 aliphatic carbocycles. The third-order valence-electron chi connectivity index (χ3n) is 5.34. The van der Waals surface area contributed by atoms with Crippen molar-refractivity contribution in [1.29, 1.82) is 0 Å². The highest BCUT2D eigenvalue weighted by molar-refractivity contribution is 6.30. The average molecular weight is 444 g/mol. The maximum atomic E-state index is 13.6. The van der Waals surface area contributed by atoms with E-state index in [-0.39, 0.29) is 17.6 Å². The molecule has 0 saturated carbocycles. The summed E-state index contributed by atoms with van der Waals surface area (Å²) in [5.41, 5.74) is 4.70. The van der Waals surface area contributed by atoms with Crippen LogP contribution in [0.2, 0.25) is 5.02 Å². The zero-order valence-corrected chi connectivity index (χ0v) is 18.7. The number of fused-ring (bicyclic) bond motifs is 1. The van der Waals surface area contributed by atoms with Crippen LogP contribution in [0.4, 0.5) is 4.39 Å². The Hall–Kier alpha value is -3.43. The fourth-order valence-electron chi connectivity index (χ4n) is 3.92. The lowest BCUT2D eigenvalue weighted by molar-refractivity contribution is 0.104. The molecule has 0 aliphatic rings. The van der Waals surface area contributed by atoms with Crippen LogP contribution in [0.1, 0.15) is 35.9 Å². The summed E-state index contributed by atoms with van der Waals surface area (Å²) < 4.78 is 15.8. The Morgan fingerprint density at radius 1 is 0.938 bits per heavy atom. The van der Waals surface area contributed by atoms with Crippen LogP contribution in [0.3, 0.4) is 0 Å². The van der Waals surface area contributed by atoms with Crippen molar-refractivity contribution in [3.63, 3.8) is 0 Å². The number of hydrogen-bond acceptors (Lipinski definition) is 1. The van der Waals surface area contributed by atoms with Crippen LogP contribution in [-0.4, -0.2) is 10.4 Å². The number of halogens is 2. The van der Waals surface area contributed by atoms with Gasteiger partial charge in [-0.1, -0.05) is 54.1 Å². The largest absolute Gasteiger partial charge is 0.338 e. The fourth-order valence-corrected chi connectivity index (χ4v) is 4.05. The monoisotopic (exact) mass is 443 g/mol. The topological polar surface area (TPSA) is 22.0 Å². The van der Waals surface area contributed by atoms with Crippen molar-refractivity contribution in [3.05, 3.63) is 113 Å². The molecule has 0 unspecified atom stereocenters. The molecule has 2 nitrogen and oxygen atoms in total. The molecule has 1 heterocycles. The first-order chi connectivity index (χ1) is 15.5. The number of aromatic nitrogens is 1. The number of carbonyl (C=O) groups is 1. The van der Waals surface area contributed by atoms with Gasteiger partial charge in [0.05, 0.1) is 0 Å². The molecule has 0 spiro atoms. The molecule has 0 aliphatic heterocycles. The summed E-state index contributed by atoms with van der Waals surface area (Å²) in [5, 5.41) is 1.70. The van der Waals surface area contributed by atoms with Crippen LogP contribution < -0.4 is 0 Å². The second-order valence-electron chi connectivity index (χ2n) is 7.84. The Balaban J connectivity index is 1.76. The minimum absolute atomic E-state index is 0.0884. The van der Waals surface area contributed by atoms with Crippen LogP contribution in [0, 0.1) is 5.82 Å². The molecule has 0 atom stereocenters. The predicted octanol–water partition coefficient (Wildman–Crippen LogP) is 8.13. The van der Waals surface area contributed by atoms with E-state index >= 15 is 0 Å². The first-order valence-electron chi connectivity index (χ1n) is 10.5. The van der Waals surface area contributed by atoms with Crippen LogP contribution in [0.5, 0.6) is 0 Å². The Morgan fingerprint density at radius 3 is 2.31 bits per heavy atom. The smallest absolute Gasteiger partial charge is 0.185 e. The van der Waals surface area contributed by atoms with Crippen molar-refractivity contribution in [2.75, 3.05) is 0 Å². The van der Waals surface area contributed by atoms with Crippen molar-refractivity contribution in [2.24, 2.45) is 0 Å². The third-order valence-corrected chi connectivity index (χ3v) is 5.59. The summed E-state index contributed by atoms with van der Waals surface area (Å²) in [5.74, 6) is -0.350. The van der Waals surface area contributed by atoms with E-state index in [0.717, 1.165) is 27.7 Å². The number of para-hydroxylation sites is 1. The molecule has 3 aromatic carbocycles. The van der Waals surface area contributed by atoms with Crippen molar-refractivity contribution in [1.82, 2.24) is 4.57 Å². The van der Waals surface area contributed by atoms with E-state index in [1.165, 1.54) is 12.1 Å². The zero-order chi connectivity index (χ0) is 22.7. The molecule has 0 amide bonds. The maximum absolute atomic E-state index is 13.6. The summed E-state index contributed by atoms with van der Waals surface area (Å²) >= 11 is 5.90. The van der Waals surface area contributed by atoms with E-state index < -0.39 is 0 Å². The Bertz CT molecular complexity index is 1310. The number of ketones is 1. The van der Waals surface area contributed by atoms with Crippen LogP contribution in [0.25, 0.3) is 28.1 Å². The lowest BCUT2D eigenvalue weighted by Crippen LogP contribution is -2.02. The van der Waals surface area contributed by atoms with Gasteiger partial charge in [-0.05, 0) is 74.0 Å². The quantitative estimate of drug-likeness (QED) is 0.167. The molecule has 0 N–H and O–H groups in total. The van der Waals surface area contributed by atoms with E-state index in [4.69, 9.17) is 11.6 Å². The summed E-state index contributed by atoms with van der Waals surface area (Å²) in [6, 6.07) is 21.8. The minimum atomic E-state index is -0.262. The molecular weight excluding hydrogens is 421 g/mol. The van der Waals surface area contributed by atoms with Gasteiger partial charge in [-0.15, -0.1) is 0 Å². The number of benzene rings is 3. The van der Waals surface area contributed by atoms with Gasteiger partial charge in [-0.2, -0.15) is 0 Å². The second kappa shape index (κ2) is 9.37. The molecule has 32 heavy (non-hydrogen) atoms. The number of nitrogens with zero attached hydrogens (tertiary/aromatic N) is 1. The highest BCUT2D eigenvalue weighted by atomic mass is 35.5. The number of allylic oxidation sites excluding steroid dienone is 3. The van der Waals surface area contributed by atoms with Crippen molar-refractivity contribution in [2.45, 2.75) is 19.9 Å². The van der Waals surface area contributed by atoms with E-state index in [2.05, 4.69) is 30.5 Å². The lowest BCUT2D eigenvalue weighted by atomic mass is 10.0. The molecular formula is C28H23ClFNO. The number of rotatable bonds is 6. The van der Waals surface area contributed by atoms with Gasteiger partial charge in [0.25, 0.3) is 0 Å². The first-order valence-corrected chi connectivity index (χ1v) is 10.9. The van der Waals surface area contributed by atoms with Gasteiger partial charge in [0.1, 0.15) is 5.82 Å². The Kier molecular flexibility index (Phi) is 6.38. The standard InChI is InChI=1S/C28H23ClFNO/c1-19(2)31-25-8-4-3-7-24(25)28(21-13-17-23(30)18-14-21)26(31)9-5-6-10-27(32)20-11-15-22(29)16-12-20/h3-19H,1-2H3/b9-5+,10-6+. The molecule has 4 aromatic rings. The SMILES string of the molecule is CC(C)n1c(/C=C/C=C/C(=O)c2ccc(Cl)cc2)c(-c2ccc(F)cc2)c2ccccc21. The van der Waals surface area contributed by atoms with E-state index in [9.17, 15) is 9.18 Å². The molecule has 1 aromatic heterocycles. The highest BCUT2D eigenvalue weighted by Crippen LogP contribution is 2.37. The summed E-state index contributed by atoms with van der Waals surface area (Å²) in [7, 11) is 0. The lowest BCUT2D eigenvalue weighted by Gasteiger charge is -2.13. The van der Waals surface area contributed by atoms with Crippen LogP contribution >= 0.6 is 11.6 Å². The van der Waals surface area contributed by atoms with Crippen LogP contribution in [-0.2, 0) is 0 Å². The highest BCUT2D eigenvalue weighted by Gasteiger charge is 2.18. The van der Waals surface area contributed by atoms with Gasteiger partial charge in [0.2, 0.25) is 0 Å². The average Bonchev–Trinajstić information content (AvgIpc) is 3.12. The third kappa shape index (κ3) is 4.44. The van der Waals surface area contributed by atoms with Crippen LogP contribution in [0.15, 0.2) is 91.0 Å². The predicted molar refractivity (Wildman–Crippen MR) is 132 cm³/mol. The molecule has 0 fully saturated rings. The van der Waals surface area contributed by atoms with Crippen molar-refractivity contribution in [3.8, 4) is 11.1 Å². The maximum Gasteiger partial charge on any atom is 0.185 e. The number of carbonyl (C=O) groups excluding carboxylic acids is 1. The Morgan fingerprint density at radius 2 is 1.62 bits per heavy atom. The van der Waals surface area contributed by atoms with E-state index in [1.54, 1.807) is 48.6 Å². The molecule has 0 bridgehead atoms. The zero-order valence-electron chi connectivity index (χ0n) is 17.9. The van der Waals surface area contributed by atoms with E-state index in [1.807, 2.05) is 24.3 Å². The molecule has 160 valence electrons. The van der Waals surface area contributed by atoms with Gasteiger partial charge < -0.3 is 4.57 Å². The molecule has 0 saturated heterocycles. The summed E-state index contributed by atoms with van der Waals surface area (Å²) in [4.78, 5) is 12.4. The van der Waals surface area contributed by atoms with Crippen molar-refractivity contribution >= 4 is 34.4 Å². The summed E-state index contributed by atoms with van der Waals surface area (Å²) in [6.07, 6.45) is 7.16. The first kappa shape index (κ1) is 21.8. The summed E-state index contributed by atoms with van der Waals surface area (Å²) in [6.45, 7) is 4.27. The molecule has 0 radical (unpaired) electrons.